The van der Waals surface area contributed by atoms with Gasteiger partial charge in [0.2, 0.25) is 0 Å². The highest BCUT2D eigenvalue weighted by molar-refractivity contribution is 7.08. The van der Waals surface area contributed by atoms with E-state index < -0.39 is 0 Å². The normalized spacial score (nSPS) is 10.7. The van der Waals surface area contributed by atoms with Gasteiger partial charge in [0.15, 0.2) is 0 Å². The summed E-state index contributed by atoms with van der Waals surface area (Å²) in [6.45, 7) is 1.95. The summed E-state index contributed by atoms with van der Waals surface area (Å²) in [7, 11) is 0. The van der Waals surface area contributed by atoms with E-state index in [1.165, 1.54) is 0 Å². The Morgan fingerprint density at radius 3 is 3.05 bits per heavy atom. The van der Waals surface area contributed by atoms with Crippen molar-refractivity contribution in [3.63, 3.8) is 0 Å². The van der Waals surface area contributed by atoms with Gasteiger partial charge in [0.25, 0.3) is 5.91 Å². The van der Waals surface area contributed by atoms with Crippen LogP contribution in [0.3, 0.4) is 0 Å². The van der Waals surface area contributed by atoms with E-state index in [0.717, 1.165) is 28.1 Å². The van der Waals surface area contributed by atoms with Crippen molar-refractivity contribution in [2.24, 2.45) is 0 Å². The number of anilines is 1. The highest BCUT2D eigenvalue weighted by Crippen LogP contribution is 2.18. The zero-order valence-electron chi connectivity index (χ0n) is 10.8. The number of carbonyl (C=O) groups is 1. The quantitative estimate of drug-likeness (QED) is 0.803. The molecule has 0 saturated heterocycles. The second kappa shape index (κ2) is 5.34. The van der Waals surface area contributed by atoms with Gasteiger partial charge in [-0.3, -0.25) is 9.78 Å². The molecular weight excluding hydrogens is 272 g/mol. The summed E-state index contributed by atoms with van der Waals surface area (Å²) >= 11 is 1.11. The third kappa shape index (κ3) is 2.37. The molecule has 0 aliphatic rings. The van der Waals surface area contributed by atoms with Gasteiger partial charge in [0.05, 0.1) is 23.1 Å². The van der Waals surface area contributed by atoms with Gasteiger partial charge < -0.3 is 5.32 Å². The number of amides is 1. The number of rotatable bonds is 3. The van der Waals surface area contributed by atoms with Crippen molar-refractivity contribution in [2.75, 3.05) is 5.32 Å². The molecule has 1 aromatic carbocycles. The lowest BCUT2D eigenvalue weighted by Gasteiger charge is -2.05. The SMILES string of the molecule is CCc1nnsc1C(=O)Nc1cnc2ccccc2c1. The van der Waals surface area contributed by atoms with E-state index >= 15 is 0 Å². The molecule has 0 aliphatic heterocycles. The van der Waals surface area contributed by atoms with E-state index in [4.69, 9.17) is 0 Å². The molecule has 0 saturated carbocycles. The van der Waals surface area contributed by atoms with Crippen LogP contribution in [0.4, 0.5) is 5.69 Å². The van der Waals surface area contributed by atoms with Crippen LogP contribution in [0.15, 0.2) is 36.5 Å². The van der Waals surface area contributed by atoms with Crippen molar-refractivity contribution in [3.8, 4) is 0 Å². The monoisotopic (exact) mass is 284 g/mol. The van der Waals surface area contributed by atoms with E-state index in [-0.39, 0.29) is 5.91 Å². The highest BCUT2D eigenvalue weighted by Gasteiger charge is 2.15. The number of aryl methyl sites for hydroxylation is 1. The Balaban J connectivity index is 1.87. The van der Waals surface area contributed by atoms with Gasteiger partial charge in [-0.1, -0.05) is 29.6 Å². The summed E-state index contributed by atoms with van der Waals surface area (Å²) in [6.07, 6.45) is 2.34. The maximum atomic E-state index is 12.2. The van der Waals surface area contributed by atoms with E-state index in [2.05, 4.69) is 19.9 Å². The first-order valence-corrected chi connectivity index (χ1v) is 7.02. The zero-order chi connectivity index (χ0) is 13.9. The standard InChI is InChI=1S/C14H12N4OS/c1-2-11-13(20-18-17-11)14(19)16-10-7-9-5-3-4-6-12(9)15-8-10/h3-8H,2H2,1H3,(H,16,19). The molecule has 2 heterocycles. The second-order valence-corrected chi connectivity index (χ2v) is 5.03. The predicted octanol–water partition coefficient (Wildman–Crippen LogP) is 2.90. The minimum absolute atomic E-state index is 0.186. The van der Waals surface area contributed by atoms with Gasteiger partial charge >= 0.3 is 0 Å². The summed E-state index contributed by atoms with van der Waals surface area (Å²) < 4.78 is 3.82. The number of fused-ring (bicyclic) bond motifs is 1. The average molecular weight is 284 g/mol. The number of hydrogen-bond acceptors (Lipinski definition) is 5. The maximum Gasteiger partial charge on any atom is 0.269 e. The summed E-state index contributed by atoms with van der Waals surface area (Å²) in [5.74, 6) is -0.186. The third-order valence-corrected chi connectivity index (χ3v) is 3.71. The molecule has 1 N–H and O–H groups in total. The number of aromatic nitrogens is 3. The minimum Gasteiger partial charge on any atom is -0.320 e. The van der Waals surface area contributed by atoms with Crippen LogP contribution < -0.4 is 5.32 Å². The van der Waals surface area contributed by atoms with Crippen molar-refractivity contribution in [1.29, 1.82) is 0 Å². The average Bonchev–Trinajstić information content (AvgIpc) is 2.95. The summed E-state index contributed by atoms with van der Waals surface area (Å²) in [5, 5.41) is 7.77. The van der Waals surface area contributed by atoms with E-state index in [1.807, 2.05) is 37.3 Å². The number of benzene rings is 1. The fourth-order valence-electron chi connectivity index (χ4n) is 1.94. The zero-order valence-corrected chi connectivity index (χ0v) is 11.6. The Hall–Kier alpha value is -2.34. The van der Waals surface area contributed by atoms with Crippen LogP contribution in [0.1, 0.15) is 22.3 Å². The molecule has 0 unspecified atom stereocenters. The third-order valence-electron chi connectivity index (χ3n) is 2.95. The van der Waals surface area contributed by atoms with Gasteiger partial charge in [0.1, 0.15) is 4.88 Å². The predicted molar refractivity (Wildman–Crippen MR) is 79.0 cm³/mol. The van der Waals surface area contributed by atoms with E-state index in [9.17, 15) is 4.79 Å². The fraction of sp³-hybridized carbons (Fsp3) is 0.143. The van der Waals surface area contributed by atoms with E-state index in [0.29, 0.717) is 17.0 Å². The molecule has 100 valence electrons. The number of pyridine rings is 1. The number of nitrogens with zero attached hydrogens (tertiary/aromatic N) is 3. The Morgan fingerprint density at radius 2 is 2.20 bits per heavy atom. The molecule has 0 aliphatic carbocycles. The van der Waals surface area contributed by atoms with Crippen molar-refractivity contribution >= 4 is 34.0 Å². The van der Waals surface area contributed by atoms with Gasteiger partial charge in [-0.25, -0.2) is 0 Å². The molecule has 2 aromatic heterocycles. The number of para-hydroxylation sites is 1. The van der Waals surface area contributed by atoms with Crippen LogP contribution in [0, 0.1) is 0 Å². The molecule has 0 fully saturated rings. The van der Waals surface area contributed by atoms with Crippen LogP contribution in [-0.4, -0.2) is 20.5 Å². The first kappa shape index (κ1) is 12.7. The lowest BCUT2D eigenvalue weighted by Crippen LogP contribution is -2.12. The van der Waals surface area contributed by atoms with Crippen LogP contribution in [0.2, 0.25) is 0 Å². The molecule has 1 amide bonds. The largest absolute Gasteiger partial charge is 0.320 e. The van der Waals surface area contributed by atoms with Crippen LogP contribution in [0.5, 0.6) is 0 Å². The van der Waals surface area contributed by atoms with Crippen LogP contribution >= 0.6 is 11.5 Å². The Kier molecular flexibility index (Phi) is 3.39. The molecule has 0 bridgehead atoms. The number of nitrogens with one attached hydrogen (secondary N) is 1. The van der Waals surface area contributed by atoms with Crippen molar-refractivity contribution in [2.45, 2.75) is 13.3 Å². The van der Waals surface area contributed by atoms with Gasteiger partial charge in [0, 0.05) is 5.39 Å². The molecule has 3 rings (SSSR count). The summed E-state index contributed by atoms with van der Waals surface area (Å²) in [4.78, 5) is 17.1. The lowest BCUT2D eigenvalue weighted by atomic mass is 10.2. The molecule has 0 atom stereocenters. The van der Waals surface area contributed by atoms with Gasteiger partial charge in [-0.2, -0.15) is 0 Å². The molecule has 0 radical (unpaired) electrons. The number of carbonyl (C=O) groups excluding carboxylic acids is 1. The van der Waals surface area contributed by atoms with Crippen LogP contribution in [0.25, 0.3) is 10.9 Å². The molecule has 20 heavy (non-hydrogen) atoms. The molecular formula is C14H12N4OS. The molecule has 5 nitrogen and oxygen atoms in total. The Bertz CT molecular complexity index is 768. The minimum atomic E-state index is -0.186. The van der Waals surface area contributed by atoms with Crippen molar-refractivity contribution in [1.82, 2.24) is 14.6 Å². The lowest BCUT2D eigenvalue weighted by molar-refractivity contribution is 0.102. The smallest absolute Gasteiger partial charge is 0.269 e. The first-order chi connectivity index (χ1) is 9.78. The topological polar surface area (TPSA) is 67.8 Å². The van der Waals surface area contributed by atoms with Crippen molar-refractivity contribution < 1.29 is 4.79 Å². The van der Waals surface area contributed by atoms with Crippen molar-refractivity contribution in [3.05, 3.63) is 47.1 Å². The first-order valence-electron chi connectivity index (χ1n) is 6.25. The van der Waals surface area contributed by atoms with Gasteiger partial charge in [-0.15, -0.1) is 5.10 Å². The molecule has 3 aromatic rings. The maximum absolute atomic E-state index is 12.2. The molecule has 0 spiro atoms. The Morgan fingerprint density at radius 1 is 1.35 bits per heavy atom. The summed E-state index contributed by atoms with van der Waals surface area (Å²) in [6, 6.07) is 9.68. The van der Waals surface area contributed by atoms with Crippen LogP contribution in [-0.2, 0) is 6.42 Å². The number of hydrogen-bond donors (Lipinski definition) is 1. The fourth-order valence-corrected chi connectivity index (χ4v) is 2.59. The second-order valence-electron chi connectivity index (χ2n) is 4.27. The Labute approximate surface area is 119 Å². The molecule has 6 heteroatoms. The van der Waals surface area contributed by atoms with Gasteiger partial charge in [-0.05, 0) is 30.1 Å². The van der Waals surface area contributed by atoms with E-state index in [1.54, 1.807) is 6.20 Å². The highest BCUT2D eigenvalue weighted by atomic mass is 32.1. The summed E-state index contributed by atoms with van der Waals surface area (Å²) in [5.41, 5.74) is 2.30.